The maximum absolute atomic E-state index is 13.3. The third-order valence-corrected chi connectivity index (χ3v) is 6.10. The number of amides is 2. The summed E-state index contributed by atoms with van der Waals surface area (Å²) in [6, 6.07) is 20.7. The van der Waals surface area contributed by atoms with Gasteiger partial charge in [0, 0.05) is 44.6 Å². The van der Waals surface area contributed by atoms with Crippen LogP contribution in [0.5, 0.6) is 0 Å². The van der Waals surface area contributed by atoms with Crippen molar-refractivity contribution in [1.29, 1.82) is 0 Å². The van der Waals surface area contributed by atoms with Crippen molar-refractivity contribution in [2.45, 2.75) is 31.2 Å². The third kappa shape index (κ3) is 5.21. The first-order valence-electron chi connectivity index (χ1n) is 10.6. The van der Waals surface area contributed by atoms with E-state index in [-0.39, 0.29) is 36.2 Å². The van der Waals surface area contributed by atoms with Gasteiger partial charge in [-0.25, -0.2) is 0 Å². The molecular formula is C24H30ClN3O2. The molecule has 2 heterocycles. The Labute approximate surface area is 184 Å². The molecule has 0 spiro atoms. The van der Waals surface area contributed by atoms with Crippen LogP contribution in [0.4, 0.5) is 0 Å². The number of nitrogens with zero attached hydrogens (tertiary/aromatic N) is 2. The van der Waals surface area contributed by atoms with Gasteiger partial charge in [0.25, 0.3) is 0 Å². The highest BCUT2D eigenvalue weighted by Gasteiger charge is 2.32. The van der Waals surface area contributed by atoms with Gasteiger partial charge in [-0.2, -0.15) is 0 Å². The van der Waals surface area contributed by atoms with Crippen LogP contribution in [0.3, 0.4) is 0 Å². The van der Waals surface area contributed by atoms with Crippen LogP contribution in [0, 0.1) is 0 Å². The molecule has 0 aromatic heterocycles. The van der Waals surface area contributed by atoms with Crippen LogP contribution in [-0.2, 0) is 9.59 Å². The van der Waals surface area contributed by atoms with Gasteiger partial charge < -0.3 is 15.1 Å². The van der Waals surface area contributed by atoms with Crippen molar-refractivity contribution in [3.63, 3.8) is 0 Å². The minimum absolute atomic E-state index is 0. The number of piperidine rings is 1. The van der Waals surface area contributed by atoms with Crippen molar-refractivity contribution < 1.29 is 9.59 Å². The second-order valence-corrected chi connectivity index (χ2v) is 7.98. The van der Waals surface area contributed by atoms with Gasteiger partial charge in [-0.05, 0) is 24.0 Å². The van der Waals surface area contributed by atoms with E-state index in [1.54, 1.807) is 0 Å². The number of carbonyl (C=O) groups is 2. The monoisotopic (exact) mass is 427 g/mol. The molecule has 2 aromatic rings. The van der Waals surface area contributed by atoms with Crippen LogP contribution in [0.2, 0.25) is 0 Å². The molecule has 2 aliphatic heterocycles. The Balaban J connectivity index is 0.00000256. The lowest BCUT2D eigenvalue weighted by Crippen LogP contribution is -2.57. The Kier molecular flexibility index (Phi) is 7.88. The predicted octanol–water partition coefficient (Wildman–Crippen LogP) is 3.05. The second-order valence-electron chi connectivity index (χ2n) is 7.98. The number of hydrogen-bond donors (Lipinski definition) is 1. The lowest BCUT2D eigenvalue weighted by atomic mass is 9.88. The van der Waals surface area contributed by atoms with E-state index >= 15 is 0 Å². The number of carbonyl (C=O) groups excluding carboxylic acids is 2. The first kappa shape index (κ1) is 22.3. The Hall–Kier alpha value is -2.37. The molecule has 0 bridgehead atoms. The average Bonchev–Trinajstić information content (AvgIpc) is 2.79. The van der Waals surface area contributed by atoms with Crippen molar-refractivity contribution in [2.24, 2.45) is 0 Å². The fourth-order valence-corrected chi connectivity index (χ4v) is 4.55. The summed E-state index contributed by atoms with van der Waals surface area (Å²) in [7, 11) is 0. The summed E-state index contributed by atoms with van der Waals surface area (Å²) in [6.07, 6.45) is 2.39. The zero-order chi connectivity index (χ0) is 20.1. The van der Waals surface area contributed by atoms with Gasteiger partial charge in [0.2, 0.25) is 11.8 Å². The number of likely N-dealkylation sites (tertiary alicyclic amines) is 1. The molecule has 1 atom stereocenters. The Morgan fingerprint density at radius 3 is 2.23 bits per heavy atom. The van der Waals surface area contributed by atoms with Crippen LogP contribution in [0.25, 0.3) is 0 Å². The molecular weight excluding hydrogens is 398 g/mol. The maximum Gasteiger partial charge on any atom is 0.236 e. The van der Waals surface area contributed by atoms with E-state index in [0.29, 0.717) is 19.5 Å². The highest BCUT2D eigenvalue weighted by atomic mass is 35.5. The van der Waals surface area contributed by atoms with Crippen molar-refractivity contribution in [1.82, 2.24) is 15.1 Å². The molecule has 2 fully saturated rings. The van der Waals surface area contributed by atoms with Gasteiger partial charge in [-0.3, -0.25) is 9.59 Å². The number of halogens is 1. The molecule has 2 saturated heterocycles. The molecule has 5 nitrogen and oxygen atoms in total. The fraction of sp³-hybridized carbons (Fsp3) is 0.417. The van der Waals surface area contributed by atoms with E-state index in [4.69, 9.17) is 0 Å². The first-order chi connectivity index (χ1) is 14.2. The van der Waals surface area contributed by atoms with E-state index in [1.165, 1.54) is 0 Å². The van der Waals surface area contributed by atoms with E-state index in [1.807, 2.05) is 46.2 Å². The van der Waals surface area contributed by atoms with Gasteiger partial charge in [-0.15, -0.1) is 12.4 Å². The van der Waals surface area contributed by atoms with Crippen LogP contribution < -0.4 is 5.32 Å². The highest BCUT2D eigenvalue weighted by molar-refractivity contribution is 5.85. The largest absolute Gasteiger partial charge is 0.341 e. The Bertz CT molecular complexity index is 791. The molecule has 2 amide bonds. The number of benzene rings is 2. The smallest absolute Gasteiger partial charge is 0.236 e. The van der Waals surface area contributed by atoms with Gasteiger partial charge >= 0.3 is 0 Å². The lowest BCUT2D eigenvalue weighted by molar-refractivity contribution is -0.140. The fourth-order valence-electron chi connectivity index (χ4n) is 4.55. The van der Waals surface area contributed by atoms with Crippen molar-refractivity contribution in [3.8, 4) is 0 Å². The zero-order valence-corrected chi connectivity index (χ0v) is 18.0. The summed E-state index contributed by atoms with van der Waals surface area (Å²) in [5.41, 5.74) is 2.33. The van der Waals surface area contributed by atoms with Crippen molar-refractivity contribution in [2.75, 3.05) is 32.7 Å². The second kappa shape index (κ2) is 10.6. The highest BCUT2D eigenvalue weighted by Crippen LogP contribution is 2.29. The molecule has 0 saturated carbocycles. The lowest BCUT2D eigenvalue weighted by Gasteiger charge is -2.41. The topological polar surface area (TPSA) is 52.7 Å². The van der Waals surface area contributed by atoms with Gasteiger partial charge in [-0.1, -0.05) is 60.7 Å². The molecule has 160 valence electrons. The summed E-state index contributed by atoms with van der Waals surface area (Å²) in [5.74, 6) is 0.378. The van der Waals surface area contributed by atoms with Crippen LogP contribution >= 0.6 is 12.4 Å². The summed E-state index contributed by atoms with van der Waals surface area (Å²) < 4.78 is 0. The van der Waals surface area contributed by atoms with E-state index in [0.717, 1.165) is 43.6 Å². The summed E-state index contributed by atoms with van der Waals surface area (Å²) in [5, 5.41) is 3.13. The molecule has 1 N–H and O–H groups in total. The van der Waals surface area contributed by atoms with Crippen LogP contribution in [0.1, 0.15) is 36.3 Å². The van der Waals surface area contributed by atoms with Gasteiger partial charge in [0.15, 0.2) is 0 Å². The number of nitrogens with one attached hydrogen (secondary N) is 1. The third-order valence-electron chi connectivity index (χ3n) is 6.10. The molecule has 2 aliphatic rings. The average molecular weight is 428 g/mol. The minimum atomic E-state index is 0. The summed E-state index contributed by atoms with van der Waals surface area (Å²) >= 11 is 0. The van der Waals surface area contributed by atoms with E-state index < -0.39 is 0 Å². The Morgan fingerprint density at radius 2 is 1.63 bits per heavy atom. The van der Waals surface area contributed by atoms with Gasteiger partial charge in [0.05, 0.1) is 6.54 Å². The quantitative estimate of drug-likeness (QED) is 0.797. The minimum Gasteiger partial charge on any atom is -0.341 e. The predicted molar refractivity (Wildman–Crippen MR) is 121 cm³/mol. The van der Waals surface area contributed by atoms with Crippen molar-refractivity contribution >= 4 is 24.2 Å². The van der Waals surface area contributed by atoms with Crippen LogP contribution in [0.15, 0.2) is 60.7 Å². The summed E-state index contributed by atoms with van der Waals surface area (Å²) in [6.45, 7) is 3.42. The van der Waals surface area contributed by atoms with E-state index in [2.05, 4.69) is 29.6 Å². The molecule has 0 radical (unpaired) electrons. The molecule has 4 rings (SSSR count). The molecule has 0 aliphatic carbocycles. The molecule has 30 heavy (non-hydrogen) atoms. The zero-order valence-electron chi connectivity index (χ0n) is 17.2. The normalized spacial score (nSPS) is 19.5. The van der Waals surface area contributed by atoms with Crippen LogP contribution in [-0.4, -0.2) is 60.4 Å². The molecule has 6 heteroatoms. The SMILES string of the molecule is Cl.O=C(CC(c1ccccc1)c1ccccc1)N1CCCC(N2CCNCC2=O)C1. The number of rotatable bonds is 5. The standard InChI is InChI=1S/C24H29N3O2.ClH/c28-23(26-14-7-12-21(18-26)27-15-13-25-17-24(27)29)16-22(19-8-3-1-4-9-19)20-10-5-2-6-11-20;/h1-6,8-11,21-22,25H,7,12-18H2;1H. The Morgan fingerprint density at radius 1 is 1.00 bits per heavy atom. The first-order valence-corrected chi connectivity index (χ1v) is 10.6. The molecule has 1 unspecified atom stereocenters. The maximum atomic E-state index is 13.3. The van der Waals surface area contributed by atoms with Gasteiger partial charge in [0.1, 0.15) is 0 Å². The van der Waals surface area contributed by atoms with Crippen molar-refractivity contribution in [3.05, 3.63) is 71.8 Å². The molecule has 2 aromatic carbocycles. The number of piperazine rings is 1. The number of hydrogen-bond acceptors (Lipinski definition) is 3. The summed E-state index contributed by atoms with van der Waals surface area (Å²) in [4.78, 5) is 29.5. The van der Waals surface area contributed by atoms with E-state index in [9.17, 15) is 9.59 Å².